The fraction of sp³-hybridized carbons (Fsp3) is 0.577. The molecule has 216 valence electrons. The second kappa shape index (κ2) is 12.9. The number of nitrogens with one attached hydrogen (secondary N) is 1. The number of aliphatic hydroxyl groups excluding tert-OH is 1. The summed E-state index contributed by atoms with van der Waals surface area (Å²) in [6.45, 7) is 4.42. The number of carbonyl (C=O) groups is 2. The van der Waals surface area contributed by atoms with E-state index in [0.717, 1.165) is 6.54 Å². The average Bonchev–Trinajstić information content (AvgIpc) is 3.32. The fourth-order valence-electron chi connectivity index (χ4n) is 4.33. The highest BCUT2D eigenvalue weighted by atomic mass is 32.2. The fourth-order valence-corrected chi connectivity index (χ4v) is 5.47. The van der Waals surface area contributed by atoms with Crippen molar-refractivity contribution in [2.24, 2.45) is 13.0 Å². The number of benzene rings is 1. The number of aromatic nitrogens is 2. The number of hydrogen-bond acceptors (Lipinski definition) is 8. The third-order valence-electron chi connectivity index (χ3n) is 6.75. The third kappa shape index (κ3) is 7.56. The maximum Gasteiger partial charge on any atom is 0.261 e. The molecule has 0 fully saturated rings. The highest BCUT2D eigenvalue weighted by Gasteiger charge is 2.35. The van der Waals surface area contributed by atoms with Crippen LogP contribution in [0.2, 0.25) is 0 Å². The van der Waals surface area contributed by atoms with E-state index >= 15 is 0 Å². The van der Waals surface area contributed by atoms with E-state index < -0.39 is 22.2 Å². The van der Waals surface area contributed by atoms with Gasteiger partial charge in [0, 0.05) is 44.9 Å². The van der Waals surface area contributed by atoms with Crippen molar-refractivity contribution in [1.29, 1.82) is 0 Å². The molecule has 1 aromatic heterocycles. The molecule has 1 aliphatic heterocycles. The van der Waals surface area contributed by atoms with Crippen LogP contribution < -0.4 is 10.1 Å². The number of aryl methyl sites for hydroxylation is 1. The maximum absolute atomic E-state index is 13.6. The van der Waals surface area contributed by atoms with Crippen LogP contribution in [-0.2, 0) is 21.9 Å². The normalized spacial score (nSPS) is 18.9. The minimum atomic E-state index is -3.87. The molecular formula is C26H40N6O6S. The number of rotatable bonds is 11. The standard InChI is InChI=1S/C26H40N6O6S/c1-18-13-32(19(2)16-33)26(35)21-12-20(28-24(34)8-7-11-29(3)4)9-10-22(21)38-23(18)14-31(6)39(36,37)25-15-30(5)17-27-25/h9-10,12,15,17-19,23,33H,7-8,11,13-14,16H2,1-6H3,(H,28,34)/t18-,19-,23+/m0/s1. The van der Waals surface area contributed by atoms with Crippen molar-refractivity contribution in [3.8, 4) is 5.75 Å². The number of imidazole rings is 1. The van der Waals surface area contributed by atoms with E-state index in [1.54, 1.807) is 41.6 Å². The number of amides is 2. The minimum Gasteiger partial charge on any atom is -0.488 e. The first-order chi connectivity index (χ1) is 18.3. The van der Waals surface area contributed by atoms with Crippen molar-refractivity contribution in [3.05, 3.63) is 36.3 Å². The number of anilines is 1. The van der Waals surface area contributed by atoms with Crippen molar-refractivity contribution in [1.82, 2.24) is 23.7 Å². The third-order valence-corrected chi connectivity index (χ3v) is 8.46. The van der Waals surface area contributed by atoms with Crippen LogP contribution in [0.5, 0.6) is 5.75 Å². The van der Waals surface area contributed by atoms with Gasteiger partial charge in [-0.15, -0.1) is 0 Å². The average molecular weight is 565 g/mol. The molecule has 3 atom stereocenters. The number of hydrogen-bond donors (Lipinski definition) is 2. The zero-order chi connectivity index (χ0) is 28.9. The summed E-state index contributed by atoms with van der Waals surface area (Å²) in [6, 6.07) is 4.36. The molecular weight excluding hydrogens is 524 g/mol. The van der Waals surface area contributed by atoms with E-state index in [-0.39, 0.29) is 53.8 Å². The molecule has 2 amide bonds. The Morgan fingerprint density at radius 2 is 2.03 bits per heavy atom. The first-order valence-electron chi connectivity index (χ1n) is 12.9. The van der Waals surface area contributed by atoms with E-state index in [2.05, 4.69) is 10.3 Å². The van der Waals surface area contributed by atoms with Crippen molar-refractivity contribution in [3.63, 3.8) is 0 Å². The molecule has 0 radical (unpaired) electrons. The highest BCUT2D eigenvalue weighted by molar-refractivity contribution is 7.89. The highest BCUT2D eigenvalue weighted by Crippen LogP contribution is 2.31. The lowest BCUT2D eigenvalue weighted by Gasteiger charge is -2.38. The Morgan fingerprint density at radius 1 is 1.31 bits per heavy atom. The van der Waals surface area contributed by atoms with Gasteiger partial charge in [-0.3, -0.25) is 9.59 Å². The topological polar surface area (TPSA) is 137 Å². The smallest absolute Gasteiger partial charge is 0.261 e. The first-order valence-corrected chi connectivity index (χ1v) is 14.4. The molecule has 3 rings (SSSR count). The molecule has 2 N–H and O–H groups in total. The second-order valence-electron chi connectivity index (χ2n) is 10.5. The summed E-state index contributed by atoms with van der Waals surface area (Å²) < 4.78 is 35.3. The summed E-state index contributed by atoms with van der Waals surface area (Å²) in [5, 5.41) is 12.6. The number of carbonyl (C=O) groups excluding carboxylic acids is 2. The van der Waals surface area contributed by atoms with Crippen LogP contribution >= 0.6 is 0 Å². The Morgan fingerprint density at radius 3 is 2.64 bits per heavy atom. The number of ether oxygens (including phenoxy) is 1. The molecule has 1 aromatic carbocycles. The van der Waals surface area contributed by atoms with Gasteiger partial charge in [0.15, 0.2) is 5.03 Å². The summed E-state index contributed by atoms with van der Waals surface area (Å²) in [6.07, 6.45) is 3.28. The molecule has 1 aliphatic rings. The largest absolute Gasteiger partial charge is 0.488 e. The Balaban J connectivity index is 1.89. The van der Waals surface area contributed by atoms with Crippen LogP contribution in [0.4, 0.5) is 5.69 Å². The number of nitrogens with zero attached hydrogens (tertiary/aromatic N) is 5. The number of sulfonamides is 1. The molecule has 0 aliphatic carbocycles. The summed E-state index contributed by atoms with van der Waals surface area (Å²) in [5.41, 5.74) is 0.686. The number of aliphatic hydroxyl groups is 1. The monoisotopic (exact) mass is 564 g/mol. The Labute approximate surface area is 230 Å². The van der Waals surface area contributed by atoms with E-state index in [9.17, 15) is 23.1 Å². The Kier molecular flexibility index (Phi) is 10.1. The lowest BCUT2D eigenvalue weighted by molar-refractivity contribution is -0.116. The van der Waals surface area contributed by atoms with Gasteiger partial charge in [-0.05, 0) is 52.2 Å². The van der Waals surface area contributed by atoms with Gasteiger partial charge in [0.1, 0.15) is 11.9 Å². The molecule has 0 saturated carbocycles. The van der Waals surface area contributed by atoms with Crippen LogP contribution in [0.15, 0.2) is 35.7 Å². The Bertz CT molecular complexity index is 1260. The summed E-state index contributed by atoms with van der Waals surface area (Å²) >= 11 is 0. The lowest BCUT2D eigenvalue weighted by Crippen LogP contribution is -2.50. The Hall–Kier alpha value is -3.00. The SMILES string of the molecule is C[C@H]1CN([C@@H](C)CO)C(=O)c2cc(NC(=O)CCCN(C)C)ccc2O[C@@H]1CN(C)S(=O)(=O)c1cn(C)cn1. The summed E-state index contributed by atoms with van der Waals surface area (Å²) in [4.78, 5) is 33.6. The molecule has 0 spiro atoms. The van der Waals surface area contributed by atoms with Gasteiger partial charge in [-0.2, -0.15) is 4.31 Å². The molecule has 0 unspecified atom stereocenters. The van der Waals surface area contributed by atoms with E-state index in [4.69, 9.17) is 4.74 Å². The van der Waals surface area contributed by atoms with Gasteiger partial charge in [0.2, 0.25) is 5.91 Å². The minimum absolute atomic E-state index is 0.0133. The predicted molar refractivity (Wildman–Crippen MR) is 147 cm³/mol. The van der Waals surface area contributed by atoms with Crippen LogP contribution in [0.3, 0.4) is 0 Å². The van der Waals surface area contributed by atoms with Gasteiger partial charge in [0.05, 0.1) is 31.1 Å². The molecule has 2 heterocycles. The van der Waals surface area contributed by atoms with Crippen molar-refractivity contribution in [2.75, 3.05) is 52.7 Å². The van der Waals surface area contributed by atoms with Crippen LogP contribution in [-0.4, -0.2) is 109 Å². The molecule has 0 bridgehead atoms. The van der Waals surface area contributed by atoms with Crippen LogP contribution in [0, 0.1) is 5.92 Å². The van der Waals surface area contributed by atoms with E-state index in [1.165, 1.54) is 23.9 Å². The summed E-state index contributed by atoms with van der Waals surface area (Å²) in [7, 11) is 3.17. The quantitative estimate of drug-likeness (QED) is 0.416. The van der Waals surface area contributed by atoms with Crippen LogP contribution in [0.25, 0.3) is 0 Å². The van der Waals surface area contributed by atoms with Crippen molar-refractivity contribution in [2.45, 2.75) is 43.9 Å². The van der Waals surface area contributed by atoms with Crippen molar-refractivity contribution >= 4 is 27.5 Å². The molecule has 12 nitrogen and oxygen atoms in total. The number of likely N-dealkylation sites (N-methyl/N-ethyl adjacent to an activating group) is 1. The molecule has 39 heavy (non-hydrogen) atoms. The molecule has 0 saturated heterocycles. The maximum atomic E-state index is 13.6. The van der Waals surface area contributed by atoms with Crippen LogP contribution in [0.1, 0.15) is 37.0 Å². The number of fused-ring (bicyclic) bond motifs is 1. The molecule has 13 heteroatoms. The molecule has 2 aromatic rings. The zero-order valence-corrected chi connectivity index (χ0v) is 24.3. The van der Waals surface area contributed by atoms with Crippen molar-refractivity contribution < 1.29 is 27.9 Å². The van der Waals surface area contributed by atoms with E-state index in [1.807, 2.05) is 25.9 Å². The first kappa shape index (κ1) is 30.5. The van der Waals surface area contributed by atoms with E-state index in [0.29, 0.717) is 18.5 Å². The van der Waals surface area contributed by atoms with Gasteiger partial charge in [0.25, 0.3) is 15.9 Å². The van der Waals surface area contributed by atoms with Gasteiger partial charge in [-0.1, -0.05) is 6.92 Å². The van der Waals surface area contributed by atoms with Gasteiger partial charge in [-0.25, -0.2) is 13.4 Å². The second-order valence-corrected chi connectivity index (χ2v) is 12.4. The van der Waals surface area contributed by atoms with Gasteiger partial charge >= 0.3 is 0 Å². The lowest BCUT2D eigenvalue weighted by atomic mass is 9.99. The summed E-state index contributed by atoms with van der Waals surface area (Å²) in [5.74, 6) is -0.492. The zero-order valence-electron chi connectivity index (χ0n) is 23.5. The predicted octanol–water partition coefficient (Wildman–Crippen LogP) is 1.24. The van der Waals surface area contributed by atoms with Gasteiger partial charge < -0.3 is 29.5 Å².